The Kier molecular flexibility index (Phi) is 8.10. The van der Waals surface area contributed by atoms with Crippen molar-refractivity contribution in [3.05, 3.63) is 58.8 Å². The summed E-state index contributed by atoms with van der Waals surface area (Å²) < 4.78 is 23.1. The highest BCUT2D eigenvalue weighted by Crippen LogP contribution is 2.45. The Bertz CT molecular complexity index is 1200. The molecule has 1 heterocycles. The number of hydrogen-bond donors (Lipinski definition) is 1. The van der Waals surface area contributed by atoms with E-state index in [1.54, 1.807) is 7.11 Å². The summed E-state index contributed by atoms with van der Waals surface area (Å²) in [7, 11) is 1.61. The molecule has 2 aromatic carbocycles. The zero-order chi connectivity index (χ0) is 26.7. The van der Waals surface area contributed by atoms with Gasteiger partial charge in [-0.05, 0) is 82.3 Å². The van der Waals surface area contributed by atoms with Gasteiger partial charge in [-0.15, -0.1) is 0 Å². The van der Waals surface area contributed by atoms with Crippen LogP contribution in [0, 0.1) is 0 Å². The number of ether oxygens (including phenoxy) is 4. The summed E-state index contributed by atoms with van der Waals surface area (Å²) in [6, 6.07) is 11.5. The number of benzene rings is 2. The van der Waals surface area contributed by atoms with Crippen LogP contribution in [0.3, 0.4) is 0 Å². The molecule has 1 amide bonds. The molecule has 0 bridgehead atoms. The number of Topliss-reactive ketones (excluding diaryl/α,β-unsaturated/α-hetero) is 1. The Morgan fingerprint density at radius 2 is 1.46 bits per heavy atom. The molecular weight excluding hydrogens is 470 g/mol. The van der Waals surface area contributed by atoms with Crippen molar-refractivity contribution in [2.75, 3.05) is 13.7 Å². The highest BCUT2D eigenvalue weighted by Gasteiger charge is 2.38. The van der Waals surface area contributed by atoms with Gasteiger partial charge in [-0.25, -0.2) is 0 Å². The fourth-order valence-electron chi connectivity index (χ4n) is 5.13. The van der Waals surface area contributed by atoms with Crippen molar-refractivity contribution in [2.24, 2.45) is 0 Å². The van der Waals surface area contributed by atoms with Crippen LogP contribution in [-0.4, -0.2) is 37.6 Å². The summed E-state index contributed by atoms with van der Waals surface area (Å²) in [5.41, 5.74) is 3.27. The van der Waals surface area contributed by atoms with Gasteiger partial charge in [0, 0.05) is 30.0 Å². The lowest BCUT2D eigenvalue weighted by Crippen LogP contribution is -2.38. The molecule has 1 N–H and O–H groups in total. The largest absolute Gasteiger partial charge is 0.493 e. The number of hydrogen-bond acceptors (Lipinski definition) is 6. The van der Waals surface area contributed by atoms with E-state index in [4.69, 9.17) is 18.9 Å². The molecule has 198 valence electrons. The van der Waals surface area contributed by atoms with Crippen LogP contribution >= 0.6 is 0 Å². The van der Waals surface area contributed by atoms with Crippen molar-refractivity contribution >= 4 is 11.7 Å². The maximum Gasteiger partial charge on any atom is 0.225 e. The topological polar surface area (TPSA) is 83.1 Å². The van der Waals surface area contributed by atoms with E-state index in [1.807, 2.05) is 71.0 Å². The summed E-state index contributed by atoms with van der Waals surface area (Å²) >= 11 is 0. The Morgan fingerprint density at radius 1 is 0.838 bits per heavy atom. The Balaban J connectivity index is 1.66. The monoisotopic (exact) mass is 507 g/mol. The van der Waals surface area contributed by atoms with Crippen LogP contribution in [0.1, 0.15) is 76.8 Å². The number of ketones is 1. The molecule has 0 fully saturated rings. The summed E-state index contributed by atoms with van der Waals surface area (Å²) in [6.45, 7) is 10.3. The van der Waals surface area contributed by atoms with E-state index in [2.05, 4.69) is 5.32 Å². The number of allylic oxidation sites excluding steroid dienone is 2. The summed E-state index contributed by atoms with van der Waals surface area (Å²) in [5, 5.41) is 3.00. The third kappa shape index (κ3) is 5.92. The maximum absolute atomic E-state index is 13.6. The smallest absolute Gasteiger partial charge is 0.225 e. The third-order valence-corrected chi connectivity index (χ3v) is 6.59. The van der Waals surface area contributed by atoms with Crippen molar-refractivity contribution < 1.29 is 28.5 Å². The SMILES string of the molecule is CCOc1cc(C2CC(=O)NC3=C2C(=O)CC(c2ccc(OC(C)C)c(OC)c2)C3)ccc1OC(C)C. The molecule has 0 radical (unpaired) electrons. The van der Waals surface area contributed by atoms with Gasteiger partial charge < -0.3 is 24.3 Å². The summed E-state index contributed by atoms with van der Waals surface area (Å²) in [6.07, 6.45) is 1.18. The first-order chi connectivity index (χ1) is 17.7. The van der Waals surface area contributed by atoms with E-state index in [0.29, 0.717) is 53.7 Å². The normalized spacial score (nSPS) is 19.6. The molecular formula is C30H37NO6. The van der Waals surface area contributed by atoms with Gasteiger partial charge in [0.1, 0.15) is 0 Å². The first-order valence-corrected chi connectivity index (χ1v) is 13.0. The first-order valence-electron chi connectivity index (χ1n) is 13.0. The third-order valence-electron chi connectivity index (χ3n) is 6.59. The minimum atomic E-state index is -0.319. The van der Waals surface area contributed by atoms with Gasteiger partial charge in [-0.3, -0.25) is 9.59 Å². The lowest BCUT2D eigenvalue weighted by atomic mass is 9.73. The standard InChI is InChI=1S/C30H37NO6/c1-7-35-28-15-20(9-11-26(28)37-18(4)5)22-16-29(33)31-23-12-21(13-24(32)30(22)23)19-8-10-25(36-17(2)3)27(14-19)34-6/h8-11,14-15,17-18,21-22H,7,12-13,16H2,1-6H3,(H,31,33). The second-order valence-electron chi connectivity index (χ2n) is 10.1. The maximum atomic E-state index is 13.6. The molecule has 2 aromatic rings. The van der Waals surface area contributed by atoms with Gasteiger partial charge >= 0.3 is 0 Å². The fourth-order valence-corrected chi connectivity index (χ4v) is 5.13. The van der Waals surface area contributed by atoms with Gasteiger partial charge in [0.15, 0.2) is 28.8 Å². The lowest BCUT2D eigenvalue weighted by molar-refractivity contribution is -0.122. The zero-order valence-electron chi connectivity index (χ0n) is 22.6. The van der Waals surface area contributed by atoms with E-state index in [9.17, 15) is 9.59 Å². The second kappa shape index (κ2) is 11.3. The van der Waals surface area contributed by atoms with Crippen molar-refractivity contribution in [3.63, 3.8) is 0 Å². The molecule has 0 saturated heterocycles. The van der Waals surface area contributed by atoms with Crippen molar-refractivity contribution in [3.8, 4) is 23.0 Å². The molecule has 37 heavy (non-hydrogen) atoms. The van der Waals surface area contributed by atoms with Gasteiger partial charge in [0.05, 0.1) is 25.9 Å². The lowest BCUT2D eigenvalue weighted by Gasteiger charge is -2.34. The average Bonchev–Trinajstić information content (AvgIpc) is 2.84. The van der Waals surface area contributed by atoms with Gasteiger partial charge in [0.25, 0.3) is 0 Å². The van der Waals surface area contributed by atoms with E-state index in [0.717, 1.165) is 11.1 Å². The molecule has 2 unspecified atom stereocenters. The number of methoxy groups -OCH3 is 1. The van der Waals surface area contributed by atoms with Gasteiger partial charge in [-0.2, -0.15) is 0 Å². The molecule has 1 aliphatic heterocycles. The molecule has 0 aromatic heterocycles. The van der Waals surface area contributed by atoms with E-state index >= 15 is 0 Å². The first kappa shape index (κ1) is 26.6. The quantitative estimate of drug-likeness (QED) is 0.471. The molecule has 0 spiro atoms. The Labute approximate surface area is 219 Å². The molecule has 2 aliphatic rings. The fraction of sp³-hybridized carbons (Fsp3) is 0.467. The van der Waals surface area contributed by atoms with Gasteiger partial charge in [-0.1, -0.05) is 12.1 Å². The molecule has 0 saturated carbocycles. The highest BCUT2D eigenvalue weighted by molar-refractivity contribution is 6.02. The summed E-state index contributed by atoms with van der Waals surface area (Å²) in [4.78, 5) is 26.3. The van der Waals surface area contributed by atoms with Crippen LogP contribution in [0.25, 0.3) is 0 Å². The van der Waals surface area contributed by atoms with Crippen LogP contribution in [0.15, 0.2) is 47.7 Å². The number of rotatable bonds is 9. The Morgan fingerprint density at radius 3 is 2.08 bits per heavy atom. The minimum absolute atomic E-state index is 0.00121. The predicted molar refractivity (Wildman–Crippen MR) is 142 cm³/mol. The Hall–Kier alpha value is -3.48. The van der Waals surface area contributed by atoms with Gasteiger partial charge in [0.2, 0.25) is 5.91 Å². The molecule has 7 heteroatoms. The number of nitrogens with one attached hydrogen (secondary N) is 1. The number of carbonyl (C=O) groups is 2. The minimum Gasteiger partial charge on any atom is -0.493 e. The van der Waals surface area contributed by atoms with Crippen molar-refractivity contribution in [2.45, 2.75) is 77.9 Å². The molecule has 2 atom stereocenters. The van der Waals surface area contributed by atoms with Crippen LogP contribution in [0.5, 0.6) is 23.0 Å². The predicted octanol–water partition coefficient (Wildman–Crippen LogP) is 5.67. The number of amides is 1. The highest BCUT2D eigenvalue weighted by atomic mass is 16.5. The molecule has 7 nitrogen and oxygen atoms in total. The molecule has 1 aliphatic carbocycles. The van der Waals surface area contributed by atoms with E-state index in [1.165, 1.54) is 0 Å². The van der Waals surface area contributed by atoms with Crippen LogP contribution in [-0.2, 0) is 9.59 Å². The zero-order valence-corrected chi connectivity index (χ0v) is 22.6. The van der Waals surface area contributed by atoms with Crippen LogP contribution in [0.2, 0.25) is 0 Å². The van der Waals surface area contributed by atoms with Crippen LogP contribution < -0.4 is 24.3 Å². The van der Waals surface area contributed by atoms with Crippen LogP contribution in [0.4, 0.5) is 0 Å². The van der Waals surface area contributed by atoms with Crippen molar-refractivity contribution in [1.82, 2.24) is 5.32 Å². The van der Waals surface area contributed by atoms with Crippen molar-refractivity contribution in [1.29, 1.82) is 0 Å². The number of carbonyl (C=O) groups excluding carboxylic acids is 2. The average molecular weight is 508 g/mol. The molecule has 4 rings (SSSR count). The second-order valence-corrected chi connectivity index (χ2v) is 10.1. The van der Waals surface area contributed by atoms with E-state index < -0.39 is 0 Å². The summed E-state index contributed by atoms with van der Waals surface area (Å²) in [5.74, 6) is 2.17. The van der Waals surface area contributed by atoms with E-state index in [-0.39, 0.29) is 42.2 Å².